The summed E-state index contributed by atoms with van der Waals surface area (Å²) in [4.78, 5) is 54.8. The van der Waals surface area contributed by atoms with Crippen molar-refractivity contribution in [2.75, 3.05) is 17.2 Å². The molecule has 1 aliphatic heterocycles. The highest BCUT2D eigenvalue weighted by atomic mass is 16.5. The molecular formula is C31H32N4O6. The molecule has 3 aromatic carbocycles. The number of likely N-dealkylation sites (tertiary alicyclic amines) is 1. The van der Waals surface area contributed by atoms with Gasteiger partial charge in [0.25, 0.3) is 5.91 Å². The number of rotatable bonds is 9. The Labute approximate surface area is 239 Å². The van der Waals surface area contributed by atoms with Crippen LogP contribution in [0.3, 0.4) is 0 Å². The smallest absolute Gasteiger partial charge is 0.303 e. The zero-order valence-corrected chi connectivity index (χ0v) is 22.3. The van der Waals surface area contributed by atoms with Crippen LogP contribution in [0.5, 0.6) is 0 Å². The lowest BCUT2D eigenvalue weighted by molar-refractivity contribution is -0.160. The number of anilines is 2. The Kier molecular flexibility index (Phi) is 8.19. The molecule has 3 amide bonds. The Morgan fingerprint density at radius 2 is 1.68 bits per heavy atom. The molecule has 2 heterocycles. The number of oxazole rings is 1. The van der Waals surface area contributed by atoms with E-state index in [1.165, 1.54) is 11.8 Å². The molecular weight excluding hydrogens is 524 g/mol. The summed E-state index contributed by atoms with van der Waals surface area (Å²) in [7, 11) is 0. The topological polar surface area (TPSA) is 131 Å². The molecule has 0 unspecified atom stereocenters. The van der Waals surface area contributed by atoms with Gasteiger partial charge in [-0.15, -0.1) is 0 Å². The van der Waals surface area contributed by atoms with Gasteiger partial charge in [0.15, 0.2) is 5.76 Å². The molecule has 0 radical (unpaired) electrons. The van der Waals surface area contributed by atoms with Crippen LogP contribution < -0.4 is 10.6 Å². The number of benzene rings is 3. The van der Waals surface area contributed by atoms with Crippen LogP contribution in [-0.2, 0) is 23.9 Å². The molecule has 41 heavy (non-hydrogen) atoms. The number of esters is 1. The quantitative estimate of drug-likeness (QED) is 0.211. The van der Waals surface area contributed by atoms with Crippen LogP contribution in [-0.4, -0.2) is 46.7 Å². The second kappa shape index (κ2) is 12.3. The van der Waals surface area contributed by atoms with Gasteiger partial charge in [0.1, 0.15) is 6.04 Å². The zero-order valence-electron chi connectivity index (χ0n) is 22.3. The first-order valence-electron chi connectivity index (χ1n) is 13.1. The van der Waals surface area contributed by atoms with E-state index in [4.69, 9.17) is 9.15 Å². The number of ether oxygens (including phenoxy) is 1. The molecule has 2 N–H and O–H groups in total. The molecule has 0 aliphatic carbocycles. The highest BCUT2D eigenvalue weighted by Crippen LogP contribution is 2.29. The minimum Gasteiger partial charge on any atom is -0.447 e. The van der Waals surface area contributed by atoms with E-state index >= 15 is 0 Å². The predicted molar refractivity (Wildman–Crippen MR) is 156 cm³/mol. The summed E-state index contributed by atoms with van der Waals surface area (Å²) >= 11 is 0. The number of nitrogens with zero attached hydrogens (tertiary/aromatic N) is 2. The monoisotopic (exact) mass is 556 g/mol. The van der Waals surface area contributed by atoms with Gasteiger partial charge < -0.3 is 24.7 Å². The minimum absolute atomic E-state index is 0. The Morgan fingerprint density at radius 1 is 1.00 bits per heavy atom. The van der Waals surface area contributed by atoms with Crippen LogP contribution in [0.25, 0.3) is 22.8 Å². The number of amides is 3. The third-order valence-corrected chi connectivity index (χ3v) is 6.75. The van der Waals surface area contributed by atoms with Gasteiger partial charge in [-0.05, 0) is 61.4 Å². The number of nitrogens with one attached hydrogen (secondary N) is 2. The predicted octanol–water partition coefficient (Wildman–Crippen LogP) is 5.30. The largest absolute Gasteiger partial charge is 0.447 e. The lowest BCUT2D eigenvalue weighted by Crippen LogP contribution is -2.45. The van der Waals surface area contributed by atoms with E-state index in [-0.39, 0.29) is 8.76 Å². The first kappa shape index (κ1) is 27.3. The third kappa shape index (κ3) is 6.33. The number of hydrogen-bond acceptors (Lipinski definition) is 7. The highest BCUT2D eigenvalue weighted by molar-refractivity contribution is 5.98. The molecule has 0 spiro atoms. The van der Waals surface area contributed by atoms with Gasteiger partial charge in [-0.3, -0.25) is 19.2 Å². The Morgan fingerprint density at radius 3 is 2.37 bits per heavy atom. The molecule has 0 saturated carbocycles. The second-order valence-corrected chi connectivity index (χ2v) is 9.53. The molecule has 1 fully saturated rings. The summed E-state index contributed by atoms with van der Waals surface area (Å²) in [6.45, 7) is 1.65. The third-order valence-electron chi connectivity index (χ3n) is 6.75. The molecule has 1 aromatic heterocycles. The fourth-order valence-electron chi connectivity index (χ4n) is 4.77. The summed E-state index contributed by atoms with van der Waals surface area (Å²) in [6, 6.07) is 22.3. The lowest BCUT2D eigenvalue weighted by atomic mass is 10.1. The Hall–Kier alpha value is -5.25. The Bertz CT molecular complexity index is 1540. The summed E-state index contributed by atoms with van der Waals surface area (Å²) in [5.41, 5.74) is 3.31. The van der Waals surface area contributed by atoms with Crippen LogP contribution in [0.2, 0.25) is 0 Å². The van der Waals surface area contributed by atoms with Gasteiger partial charge in [0.2, 0.25) is 24.3 Å². The van der Waals surface area contributed by atoms with Crippen molar-refractivity contribution < 1.29 is 31.2 Å². The number of hydrogen-bond donors (Lipinski definition) is 2. The van der Waals surface area contributed by atoms with E-state index in [0.29, 0.717) is 54.4 Å². The van der Waals surface area contributed by atoms with Crippen LogP contribution in [0.15, 0.2) is 89.5 Å². The summed E-state index contributed by atoms with van der Waals surface area (Å²) in [6.07, 6.45) is 2.29. The molecule has 1 aliphatic rings. The van der Waals surface area contributed by atoms with Crippen molar-refractivity contribution in [2.24, 2.45) is 0 Å². The van der Waals surface area contributed by atoms with Crippen molar-refractivity contribution >= 4 is 35.6 Å². The second-order valence-electron chi connectivity index (χ2n) is 9.53. The summed E-state index contributed by atoms with van der Waals surface area (Å²) in [5, 5.41) is 5.48. The van der Waals surface area contributed by atoms with Crippen LogP contribution >= 0.6 is 0 Å². The molecule has 4 aromatic rings. The van der Waals surface area contributed by atoms with Crippen LogP contribution in [0.1, 0.15) is 34.3 Å². The average Bonchev–Trinajstić information content (AvgIpc) is 3.68. The van der Waals surface area contributed by atoms with Gasteiger partial charge >= 0.3 is 5.97 Å². The van der Waals surface area contributed by atoms with E-state index in [9.17, 15) is 19.2 Å². The maximum Gasteiger partial charge on any atom is 0.303 e. The summed E-state index contributed by atoms with van der Waals surface area (Å²) < 4.78 is 11.3. The van der Waals surface area contributed by atoms with Gasteiger partial charge in [-0.1, -0.05) is 30.3 Å². The van der Waals surface area contributed by atoms with Crippen molar-refractivity contribution in [2.45, 2.75) is 31.9 Å². The highest BCUT2D eigenvalue weighted by Gasteiger charge is 2.39. The van der Waals surface area contributed by atoms with Gasteiger partial charge in [-0.2, -0.15) is 0 Å². The molecule has 10 nitrogen and oxygen atoms in total. The van der Waals surface area contributed by atoms with Crippen molar-refractivity contribution in [3.8, 4) is 22.8 Å². The fraction of sp³-hybridized carbons (Fsp3) is 0.194. The minimum atomic E-state index is -1.11. The average molecular weight is 557 g/mol. The SMILES string of the molecule is CC(=O)O[C@H](C(=O)N1CCC[C@H]1C(=O)Nc1ccc(-c2cnc(-c3ccc(NC=O)cc3)o2)cc1)c1ccccc1.[HH].[HH]. The molecule has 10 heteroatoms. The maximum atomic E-state index is 13.4. The zero-order chi connectivity index (χ0) is 28.8. The fourth-order valence-corrected chi connectivity index (χ4v) is 4.77. The van der Waals surface area contributed by atoms with Crippen LogP contribution in [0.4, 0.5) is 11.4 Å². The summed E-state index contributed by atoms with van der Waals surface area (Å²) in [5.74, 6) is -0.319. The van der Waals surface area contributed by atoms with E-state index in [0.717, 1.165) is 11.1 Å². The lowest BCUT2D eigenvalue weighted by Gasteiger charge is -2.28. The maximum absolute atomic E-state index is 13.4. The molecule has 5 rings (SSSR count). The van der Waals surface area contributed by atoms with Crippen molar-refractivity contribution in [1.82, 2.24) is 9.88 Å². The number of carbonyl (C=O) groups is 4. The Balaban J connectivity index is 0.00000253. The van der Waals surface area contributed by atoms with Crippen molar-refractivity contribution in [3.05, 3.63) is 90.6 Å². The standard InChI is InChI=1S/C31H28N4O6.2H2/c1-20(37)40-28(22-6-3-2-4-7-22)31(39)35-17-5-8-26(35)29(38)34-25-15-9-21(10-16-25)27-18-32-30(41-27)23-11-13-24(14-12-23)33-19-36;;/h2-4,6-7,9-16,18-19,26,28H,5,8,17H2,1H3,(H,33,36)(H,34,38);2*1H/t26-,28-;;/m0../s1. The molecule has 0 bridgehead atoms. The molecule has 212 valence electrons. The van der Waals surface area contributed by atoms with Crippen molar-refractivity contribution in [3.63, 3.8) is 0 Å². The number of aromatic nitrogens is 1. The van der Waals surface area contributed by atoms with Crippen LogP contribution in [0, 0.1) is 0 Å². The first-order chi connectivity index (χ1) is 19.9. The van der Waals surface area contributed by atoms with E-state index in [2.05, 4.69) is 15.6 Å². The normalized spacial score (nSPS) is 15.1. The van der Waals surface area contributed by atoms with Crippen molar-refractivity contribution in [1.29, 1.82) is 0 Å². The number of carbonyl (C=O) groups excluding carboxylic acids is 4. The van der Waals surface area contributed by atoms with Gasteiger partial charge in [0, 0.05) is 44.4 Å². The van der Waals surface area contributed by atoms with E-state index in [1.807, 2.05) is 6.07 Å². The van der Waals surface area contributed by atoms with E-state index in [1.54, 1.807) is 79.0 Å². The van der Waals surface area contributed by atoms with Gasteiger partial charge in [0.05, 0.1) is 6.20 Å². The van der Waals surface area contributed by atoms with E-state index < -0.39 is 24.0 Å². The van der Waals surface area contributed by atoms with Gasteiger partial charge in [-0.25, -0.2) is 4.98 Å². The molecule has 2 atom stereocenters. The first-order valence-corrected chi connectivity index (χ1v) is 13.1. The molecule has 1 saturated heterocycles.